The van der Waals surface area contributed by atoms with Crippen molar-refractivity contribution in [3.8, 4) is 27.8 Å². The number of benzene rings is 1. The van der Waals surface area contributed by atoms with Crippen molar-refractivity contribution < 1.29 is 0 Å². The van der Waals surface area contributed by atoms with E-state index < -0.39 is 0 Å². The largest absolute Gasteiger partial charge is 0.383 e. The lowest BCUT2D eigenvalue weighted by atomic mass is 10.1. The number of hydrogen-bond donors (Lipinski definition) is 2. The number of nitrogens with two attached hydrogens (primary N) is 2. The predicted octanol–water partition coefficient (Wildman–Crippen LogP) is 4.44. The highest BCUT2D eigenvalue weighted by Gasteiger charge is 2.23. The van der Waals surface area contributed by atoms with Gasteiger partial charge in [0.25, 0.3) is 0 Å². The highest BCUT2D eigenvalue weighted by Crippen LogP contribution is 2.35. The summed E-state index contributed by atoms with van der Waals surface area (Å²) in [4.78, 5) is 19.8. The first kappa shape index (κ1) is 19.1. The number of nitrogen functional groups attached to an aromatic ring is 1. The molecule has 1 atom stereocenters. The van der Waals surface area contributed by atoms with Crippen LogP contribution in [0.15, 0.2) is 54.9 Å². The average Bonchev–Trinajstić information content (AvgIpc) is 3.50. The maximum Gasteiger partial charge on any atom is 0.165 e. The second kappa shape index (κ2) is 7.22. The Kier molecular flexibility index (Phi) is 4.31. The minimum absolute atomic E-state index is 0.102. The molecular weight excluding hydrogens is 418 g/mol. The van der Waals surface area contributed by atoms with Gasteiger partial charge >= 0.3 is 0 Å². The molecule has 1 aliphatic rings. The number of nitrogens with zero attached hydrogens (tertiary/aromatic N) is 5. The summed E-state index contributed by atoms with van der Waals surface area (Å²) >= 11 is 1.63. The van der Waals surface area contributed by atoms with E-state index in [1.807, 2.05) is 37.4 Å². The van der Waals surface area contributed by atoms with Crippen molar-refractivity contribution in [3.63, 3.8) is 0 Å². The standard InChI is InChI=1S/C24H21N7S/c1-13-12-28-24(32-13)20-9-8-19-23(30-20)31(22(29-19)17-3-2-10-27-21(17)26)15-5-6-16-14(11-15)4-7-18(16)25/h2-3,5-6,8-12,18H,4,7,25H2,1H3,(H2,26,27)/t18-/m0/s1. The van der Waals surface area contributed by atoms with Crippen LogP contribution in [0.5, 0.6) is 0 Å². The van der Waals surface area contributed by atoms with Crippen LogP contribution in [0.3, 0.4) is 0 Å². The first-order chi connectivity index (χ1) is 15.6. The predicted molar refractivity (Wildman–Crippen MR) is 128 cm³/mol. The van der Waals surface area contributed by atoms with Gasteiger partial charge in [0, 0.05) is 29.0 Å². The van der Waals surface area contributed by atoms with Gasteiger partial charge in [-0.05, 0) is 67.3 Å². The van der Waals surface area contributed by atoms with Crippen molar-refractivity contribution >= 4 is 28.3 Å². The summed E-state index contributed by atoms with van der Waals surface area (Å²) in [5.41, 5.74) is 19.1. The molecule has 0 unspecified atom stereocenters. The Morgan fingerprint density at radius 1 is 1.09 bits per heavy atom. The van der Waals surface area contributed by atoms with Crippen molar-refractivity contribution in [2.75, 3.05) is 5.73 Å². The molecule has 4 aromatic heterocycles. The van der Waals surface area contributed by atoms with Gasteiger partial charge in [-0.15, -0.1) is 11.3 Å². The Labute approximate surface area is 188 Å². The van der Waals surface area contributed by atoms with E-state index in [-0.39, 0.29) is 6.04 Å². The normalized spacial score (nSPS) is 15.4. The third-order valence-corrected chi connectivity index (χ3v) is 6.87. The van der Waals surface area contributed by atoms with Crippen LogP contribution in [-0.2, 0) is 6.42 Å². The number of aryl methyl sites for hydroxylation is 2. The van der Waals surface area contributed by atoms with Crippen LogP contribution in [0.4, 0.5) is 5.82 Å². The van der Waals surface area contributed by atoms with E-state index in [0.717, 1.165) is 50.8 Å². The summed E-state index contributed by atoms with van der Waals surface area (Å²) in [6, 6.07) is 14.3. The SMILES string of the molecule is Cc1cnc(-c2ccc3nc(-c4cccnc4N)n(-c4ccc5c(c4)CC[C@@H]5N)c3n2)s1. The van der Waals surface area contributed by atoms with E-state index >= 15 is 0 Å². The summed E-state index contributed by atoms with van der Waals surface area (Å²) < 4.78 is 2.07. The molecule has 0 aliphatic heterocycles. The lowest BCUT2D eigenvalue weighted by Crippen LogP contribution is -2.06. The number of aromatic nitrogens is 5. The van der Waals surface area contributed by atoms with E-state index in [1.54, 1.807) is 17.5 Å². The number of fused-ring (bicyclic) bond motifs is 2. The maximum atomic E-state index is 6.27. The molecule has 5 aromatic rings. The van der Waals surface area contributed by atoms with Gasteiger partial charge in [-0.25, -0.2) is 19.9 Å². The molecule has 6 rings (SSSR count). The van der Waals surface area contributed by atoms with Gasteiger partial charge < -0.3 is 11.5 Å². The number of anilines is 1. The molecule has 4 heterocycles. The molecule has 0 saturated carbocycles. The molecule has 0 spiro atoms. The first-order valence-electron chi connectivity index (χ1n) is 10.5. The maximum absolute atomic E-state index is 6.27. The highest BCUT2D eigenvalue weighted by molar-refractivity contribution is 7.14. The van der Waals surface area contributed by atoms with Gasteiger partial charge in [0.05, 0.1) is 5.56 Å². The molecule has 1 aromatic carbocycles. The number of imidazole rings is 1. The van der Waals surface area contributed by atoms with Crippen molar-refractivity contribution in [2.45, 2.75) is 25.8 Å². The molecule has 32 heavy (non-hydrogen) atoms. The topological polar surface area (TPSA) is 109 Å². The molecule has 0 saturated heterocycles. The fourth-order valence-electron chi connectivity index (χ4n) is 4.36. The minimum atomic E-state index is 0.102. The van der Waals surface area contributed by atoms with Gasteiger partial charge in [-0.3, -0.25) is 4.57 Å². The van der Waals surface area contributed by atoms with Crippen molar-refractivity contribution in [1.82, 2.24) is 24.5 Å². The van der Waals surface area contributed by atoms with E-state index in [0.29, 0.717) is 11.6 Å². The lowest BCUT2D eigenvalue weighted by molar-refractivity contribution is 0.713. The zero-order chi connectivity index (χ0) is 21.8. The Hall–Kier alpha value is -3.62. The Bertz CT molecular complexity index is 1480. The molecule has 7 nitrogen and oxygen atoms in total. The summed E-state index contributed by atoms with van der Waals surface area (Å²) in [6.07, 6.45) is 5.49. The van der Waals surface area contributed by atoms with Gasteiger partial charge in [0.1, 0.15) is 22.0 Å². The van der Waals surface area contributed by atoms with Crippen LogP contribution in [-0.4, -0.2) is 24.5 Å². The van der Waals surface area contributed by atoms with Gasteiger partial charge in [-0.1, -0.05) is 6.07 Å². The van der Waals surface area contributed by atoms with Crippen molar-refractivity contribution in [1.29, 1.82) is 0 Å². The van der Waals surface area contributed by atoms with Gasteiger partial charge in [0.15, 0.2) is 11.5 Å². The van der Waals surface area contributed by atoms with Gasteiger partial charge in [0.2, 0.25) is 0 Å². The van der Waals surface area contributed by atoms with E-state index in [1.165, 1.54) is 11.1 Å². The molecule has 0 radical (unpaired) electrons. The fourth-order valence-corrected chi connectivity index (χ4v) is 5.09. The number of hydrogen-bond acceptors (Lipinski definition) is 7. The number of pyridine rings is 2. The Morgan fingerprint density at radius 2 is 2.00 bits per heavy atom. The highest BCUT2D eigenvalue weighted by atomic mass is 32.1. The number of rotatable bonds is 3. The van der Waals surface area contributed by atoms with Crippen LogP contribution < -0.4 is 11.5 Å². The van der Waals surface area contributed by atoms with Crippen LogP contribution in [0.1, 0.15) is 28.5 Å². The smallest absolute Gasteiger partial charge is 0.165 e. The van der Waals surface area contributed by atoms with Crippen LogP contribution in [0.2, 0.25) is 0 Å². The first-order valence-corrected chi connectivity index (χ1v) is 11.3. The quantitative estimate of drug-likeness (QED) is 0.430. The zero-order valence-corrected chi connectivity index (χ0v) is 18.3. The van der Waals surface area contributed by atoms with Crippen molar-refractivity contribution in [2.24, 2.45) is 5.73 Å². The Balaban J connectivity index is 1.63. The second-order valence-electron chi connectivity index (χ2n) is 8.05. The molecule has 0 bridgehead atoms. The van der Waals surface area contributed by atoms with Crippen LogP contribution >= 0.6 is 11.3 Å². The Morgan fingerprint density at radius 3 is 2.81 bits per heavy atom. The summed E-state index contributed by atoms with van der Waals surface area (Å²) in [6.45, 7) is 2.04. The monoisotopic (exact) mass is 439 g/mol. The number of thiazole rings is 1. The molecule has 4 N–H and O–H groups in total. The van der Waals surface area contributed by atoms with E-state index in [9.17, 15) is 0 Å². The lowest BCUT2D eigenvalue weighted by Gasteiger charge is -2.12. The molecule has 158 valence electrons. The summed E-state index contributed by atoms with van der Waals surface area (Å²) in [7, 11) is 0. The average molecular weight is 440 g/mol. The van der Waals surface area contributed by atoms with E-state index in [4.69, 9.17) is 21.4 Å². The summed E-state index contributed by atoms with van der Waals surface area (Å²) in [5.74, 6) is 1.15. The molecule has 0 fully saturated rings. The van der Waals surface area contributed by atoms with Crippen LogP contribution in [0.25, 0.3) is 38.9 Å². The molecule has 8 heteroatoms. The molecule has 1 aliphatic carbocycles. The van der Waals surface area contributed by atoms with Gasteiger partial charge in [-0.2, -0.15) is 0 Å². The summed E-state index contributed by atoms with van der Waals surface area (Å²) in [5, 5.41) is 0.888. The molecular formula is C24H21N7S. The van der Waals surface area contributed by atoms with E-state index in [2.05, 4.69) is 32.7 Å². The second-order valence-corrected chi connectivity index (χ2v) is 9.29. The molecule has 0 amide bonds. The van der Waals surface area contributed by atoms with Crippen molar-refractivity contribution in [3.05, 3.63) is 70.9 Å². The fraction of sp³-hybridized carbons (Fsp3) is 0.167. The minimum Gasteiger partial charge on any atom is -0.383 e. The van der Waals surface area contributed by atoms with Crippen LogP contribution in [0, 0.1) is 6.92 Å². The third-order valence-electron chi connectivity index (χ3n) is 5.93. The zero-order valence-electron chi connectivity index (χ0n) is 17.5. The third kappa shape index (κ3) is 2.99.